The molecule has 0 atom stereocenters. The van der Waals surface area contributed by atoms with Gasteiger partial charge in [0, 0.05) is 48.9 Å². The molecular formula is C47H62IrN2O2-2. The van der Waals surface area contributed by atoms with Crippen LogP contribution in [-0.2, 0) is 36.7 Å². The smallest absolute Gasteiger partial charge is 0.157 e. The number of carbonyl (C=O) groups excluding carboxylic acids is 1. The van der Waals surface area contributed by atoms with Crippen molar-refractivity contribution in [1.29, 1.82) is 0 Å². The minimum atomic E-state index is 0. The predicted molar refractivity (Wildman–Crippen MR) is 220 cm³/mol. The first kappa shape index (κ1) is 43.1. The van der Waals surface area contributed by atoms with Crippen LogP contribution < -0.4 is 0 Å². The van der Waals surface area contributed by atoms with Gasteiger partial charge in [0.1, 0.15) is 11.3 Å². The molecule has 5 rings (SSSR count). The minimum Gasteiger partial charge on any atom is -0.685 e. The molecule has 283 valence electrons. The average Bonchev–Trinajstić information content (AvgIpc) is 3.46. The summed E-state index contributed by atoms with van der Waals surface area (Å²) in [7, 11) is 0. The number of hydrogen-bond acceptors (Lipinski definition) is 3. The van der Waals surface area contributed by atoms with Crippen LogP contribution in [0.4, 0.5) is 0 Å². The Labute approximate surface area is 328 Å². The van der Waals surface area contributed by atoms with Crippen LogP contribution in [0.25, 0.3) is 49.2 Å². The third-order valence-electron chi connectivity index (χ3n) is 9.89. The van der Waals surface area contributed by atoms with E-state index in [-0.39, 0.29) is 43.3 Å². The monoisotopic (exact) mass is 879 g/mol. The topological polar surface area (TPSA) is 57.2 Å². The number of benzene rings is 3. The van der Waals surface area contributed by atoms with E-state index >= 15 is 0 Å². The summed E-state index contributed by atoms with van der Waals surface area (Å²) in [4.78, 5) is 17.4. The fourth-order valence-corrected chi connectivity index (χ4v) is 7.22. The molecule has 0 spiro atoms. The standard InChI is InChI=1S/C31H32NO.C16H31NO.Ir/c1-18(2)12-23-17-25-29(32-27-14-19(3)13-20(4)28(27)30(25)33-23)22-15-21-10-8-9-11-24(21)26(16-22)31(5,6)7;1-7-13(8-2)15(17-12(5)6)11-16(18)14(9-3)10-4;/h8-11,13-14,16-18H,12H2,1-7H3;11-14H,7-10H2,1-6H3,(H,17,18);/q-1;;/p-1. The van der Waals surface area contributed by atoms with Gasteiger partial charge >= 0.3 is 0 Å². The number of aromatic nitrogens is 1. The largest absolute Gasteiger partial charge is 0.685 e. The van der Waals surface area contributed by atoms with Crippen LogP contribution in [-0.4, -0.2) is 16.8 Å². The van der Waals surface area contributed by atoms with Gasteiger partial charge in [-0.25, -0.2) is 0 Å². The number of rotatable bonds is 12. The van der Waals surface area contributed by atoms with E-state index in [9.17, 15) is 4.79 Å². The normalized spacial score (nSPS) is 12.3. The van der Waals surface area contributed by atoms with Crippen molar-refractivity contribution in [2.75, 3.05) is 0 Å². The maximum Gasteiger partial charge on any atom is 0.157 e. The Hall–Kier alpha value is -3.27. The van der Waals surface area contributed by atoms with Crippen LogP contribution in [0, 0.1) is 37.7 Å². The number of carbonyl (C=O) groups is 1. The maximum absolute atomic E-state index is 12.2. The van der Waals surface area contributed by atoms with Crippen LogP contribution in [0.1, 0.15) is 124 Å². The van der Waals surface area contributed by atoms with Crippen molar-refractivity contribution in [3.05, 3.63) is 94.1 Å². The van der Waals surface area contributed by atoms with E-state index in [1.165, 1.54) is 22.1 Å². The molecule has 3 aromatic carbocycles. The van der Waals surface area contributed by atoms with E-state index in [4.69, 9.17) is 9.40 Å². The van der Waals surface area contributed by atoms with Crippen LogP contribution in [0.2, 0.25) is 0 Å². The predicted octanol–water partition coefficient (Wildman–Crippen LogP) is 13.8. The molecule has 0 saturated carbocycles. The van der Waals surface area contributed by atoms with Crippen LogP contribution in [0.5, 0.6) is 0 Å². The first-order valence-corrected chi connectivity index (χ1v) is 19.4. The molecule has 2 aromatic heterocycles. The zero-order valence-electron chi connectivity index (χ0n) is 34.1. The molecule has 0 N–H and O–H groups in total. The number of allylic oxidation sites excluding steroid dienone is 2. The molecule has 0 aliphatic heterocycles. The summed E-state index contributed by atoms with van der Waals surface area (Å²) in [6.07, 6.45) is 6.67. The zero-order chi connectivity index (χ0) is 37.6. The van der Waals surface area contributed by atoms with Gasteiger partial charge in [-0.05, 0) is 73.3 Å². The van der Waals surface area contributed by atoms with Gasteiger partial charge in [0.25, 0.3) is 0 Å². The summed E-state index contributed by atoms with van der Waals surface area (Å²) in [5, 5.41) is 9.23. The number of fused-ring (bicyclic) bond motifs is 4. The van der Waals surface area contributed by atoms with Crippen molar-refractivity contribution in [1.82, 2.24) is 4.98 Å². The minimum absolute atomic E-state index is 0. The number of nitrogens with zero attached hydrogens (tertiary/aromatic N) is 2. The van der Waals surface area contributed by atoms with Gasteiger partial charge < -0.3 is 9.73 Å². The summed E-state index contributed by atoms with van der Waals surface area (Å²) in [6, 6.07) is 21.4. The summed E-state index contributed by atoms with van der Waals surface area (Å²) >= 11 is 0. The molecule has 0 saturated heterocycles. The van der Waals surface area contributed by atoms with Gasteiger partial charge in [0.2, 0.25) is 0 Å². The molecule has 5 aromatic rings. The number of aryl methyl sites for hydroxylation is 2. The summed E-state index contributed by atoms with van der Waals surface area (Å²) < 4.78 is 6.51. The molecule has 2 heterocycles. The Morgan fingerprint density at radius 1 is 0.885 bits per heavy atom. The van der Waals surface area contributed by atoms with E-state index in [0.29, 0.717) is 11.8 Å². The van der Waals surface area contributed by atoms with Crippen molar-refractivity contribution < 1.29 is 29.3 Å². The van der Waals surface area contributed by atoms with Crippen molar-refractivity contribution in [2.24, 2.45) is 17.8 Å². The Morgan fingerprint density at radius 2 is 1.52 bits per heavy atom. The quantitative estimate of drug-likeness (QED) is 0.0927. The molecule has 0 aliphatic rings. The van der Waals surface area contributed by atoms with Crippen molar-refractivity contribution in [3.8, 4) is 11.3 Å². The van der Waals surface area contributed by atoms with Crippen LogP contribution in [0.3, 0.4) is 0 Å². The molecule has 0 aliphatic carbocycles. The second kappa shape index (κ2) is 18.7. The van der Waals surface area contributed by atoms with E-state index < -0.39 is 0 Å². The Morgan fingerprint density at radius 3 is 2.10 bits per heavy atom. The van der Waals surface area contributed by atoms with Gasteiger partial charge in [-0.1, -0.05) is 124 Å². The summed E-state index contributed by atoms with van der Waals surface area (Å²) in [5.41, 5.74) is 8.66. The van der Waals surface area contributed by atoms with Crippen molar-refractivity contribution in [3.63, 3.8) is 0 Å². The molecule has 1 radical (unpaired) electrons. The molecular weight excluding hydrogens is 817 g/mol. The first-order chi connectivity index (χ1) is 24.1. The number of ketones is 1. The zero-order valence-corrected chi connectivity index (χ0v) is 36.5. The first-order valence-electron chi connectivity index (χ1n) is 19.4. The van der Waals surface area contributed by atoms with E-state index in [1.54, 1.807) is 0 Å². The van der Waals surface area contributed by atoms with Gasteiger partial charge in [0.05, 0.1) is 5.52 Å². The van der Waals surface area contributed by atoms with Gasteiger partial charge in [-0.15, -0.1) is 35.2 Å². The molecule has 0 bridgehead atoms. The number of furan rings is 1. The Kier molecular flexibility index (Phi) is 15.5. The molecule has 0 amide bonds. The molecule has 52 heavy (non-hydrogen) atoms. The van der Waals surface area contributed by atoms with E-state index in [1.807, 2.05) is 6.08 Å². The SMILES string of the molecule is CCC(CC)C(=O)/C=C(\[N-]C(C)C)C(CC)CC.Cc1cc(C)c2c(c1)nc(-c1[c-]c3ccccc3c(C(C)(C)C)c1)c1cc(CC(C)C)oc12.[Ir]. The average molecular weight is 879 g/mol. The molecule has 5 heteroatoms. The van der Waals surface area contributed by atoms with Crippen LogP contribution in [0.15, 0.2) is 64.7 Å². The Balaban J connectivity index is 0.000000330. The third kappa shape index (κ3) is 10.2. The van der Waals surface area contributed by atoms with Crippen LogP contribution >= 0.6 is 0 Å². The summed E-state index contributed by atoms with van der Waals surface area (Å²) in [5.74, 6) is 2.39. The summed E-state index contributed by atoms with van der Waals surface area (Å²) in [6.45, 7) is 28.2. The maximum atomic E-state index is 12.2. The van der Waals surface area contributed by atoms with E-state index in [0.717, 1.165) is 82.1 Å². The number of pyridine rings is 1. The molecule has 4 nitrogen and oxygen atoms in total. The number of hydrogen-bond donors (Lipinski definition) is 0. The molecule has 0 unspecified atom stereocenters. The van der Waals surface area contributed by atoms with Crippen molar-refractivity contribution in [2.45, 2.75) is 134 Å². The van der Waals surface area contributed by atoms with E-state index in [2.05, 4.69) is 150 Å². The van der Waals surface area contributed by atoms with Gasteiger partial charge in [-0.2, -0.15) is 5.70 Å². The second-order valence-corrected chi connectivity index (χ2v) is 16.1. The molecule has 0 fully saturated rings. The van der Waals surface area contributed by atoms with Gasteiger partial charge in [-0.3, -0.25) is 9.78 Å². The Bertz CT molecular complexity index is 1980. The van der Waals surface area contributed by atoms with Gasteiger partial charge in [0.15, 0.2) is 5.78 Å². The third-order valence-corrected chi connectivity index (χ3v) is 9.89. The van der Waals surface area contributed by atoms with Crippen molar-refractivity contribution >= 4 is 38.4 Å². The second-order valence-electron chi connectivity index (χ2n) is 16.1. The fraction of sp³-hybridized carbons (Fsp3) is 0.489. The fourth-order valence-electron chi connectivity index (χ4n) is 7.22.